The van der Waals surface area contributed by atoms with Crippen LogP contribution in [0.5, 0.6) is 5.88 Å². The number of halogens is 1. The Bertz CT molecular complexity index is 580. The number of nitrogens with zero attached hydrogens (tertiary/aromatic N) is 2. The Morgan fingerprint density at radius 1 is 1.25 bits per heavy atom. The molecule has 106 valence electrons. The van der Waals surface area contributed by atoms with Crippen molar-refractivity contribution in [2.75, 3.05) is 39.5 Å². The Labute approximate surface area is 123 Å². The van der Waals surface area contributed by atoms with Gasteiger partial charge in [-0.05, 0) is 17.5 Å². The Balaban J connectivity index is 1.68. The fraction of sp³-hybridized carbons (Fsp3) is 0.400. The average molecular weight is 293 g/mol. The Morgan fingerprint density at radius 3 is 2.95 bits per heavy atom. The Kier molecular flexibility index (Phi) is 4.35. The highest BCUT2D eigenvalue weighted by Gasteiger charge is 2.11. The molecule has 1 aliphatic rings. The summed E-state index contributed by atoms with van der Waals surface area (Å²) in [6, 6.07) is 7.75. The molecule has 0 amide bonds. The van der Waals surface area contributed by atoms with E-state index in [0.29, 0.717) is 17.5 Å². The van der Waals surface area contributed by atoms with E-state index in [0.717, 1.165) is 43.6 Å². The van der Waals surface area contributed by atoms with Gasteiger partial charge in [-0.25, -0.2) is 4.98 Å². The molecule has 1 fully saturated rings. The average Bonchev–Trinajstić information content (AvgIpc) is 2.49. The highest BCUT2D eigenvalue weighted by atomic mass is 35.5. The molecular formula is C15H17ClN2O2. The maximum absolute atomic E-state index is 6.24. The molecule has 0 saturated carbocycles. The van der Waals surface area contributed by atoms with E-state index in [9.17, 15) is 0 Å². The molecule has 0 bridgehead atoms. The van der Waals surface area contributed by atoms with Crippen LogP contribution < -0.4 is 4.74 Å². The summed E-state index contributed by atoms with van der Waals surface area (Å²) < 4.78 is 11.2. The lowest BCUT2D eigenvalue weighted by atomic mass is 10.2. The zero-order valence-electron chi connectivity index (χ0n) is 11.2. The smallest absolute Gasteiger partial charge is 0.222 e. The van der Waals surface area contributed by atoms with E-state index in [2.05, 4.69) is 9.88 Å². The second kappa shape index (κ2) is 6.39. The first-order valence-electron chi connectivity index (χ1n) is 6.81. The molecule has 0 N–H and O–H groups in total. The summed E-state index contributed by atoms with van der Waals surface area (Å²) in [6.45, 7) is 5.03. The number of pyridine rings is 1. The first kappa shape index (κ1) is 13.6. The largest absolute Gasteiger partial charge is 0.476 e. The van der Waals surface area contributed by atoms with E-state index in [1.54, 1.807) is 6.20 Å². The van der Waals surface area contributed by atoms with E-state index in [1.807, 2.05) is 24.3 Å². The van der Waals surface area contributed by atoms with Crippen LogP contribution in [0, 0.1) is 0 Å². The van der Waals surface area contributed by atoms with Gasteiger partial charge in [0.15, 0.2) is 0 Å². The molecule has 1 aromatic carbocycles. The predicted molar refractivity (Wildman–Crippen MR) is 79.5 cm³/mol. The Hall–Kier alpha value is -1.36. The number of hydrogen-bond acceptors (Lipinski definition) is 4. The Morgan fingerprint density at radius 2 is 2.10 bits per heavy atom. The number of rotatable bonds is 4. The van der Waals surface area contributed by atoms with Crippen molar-refractivity contribution < 1.29 is 9.47 Å². The van der Waals surface area contributed by atoms with Crippen LogP contribution in [-0.4, -0.2) is 49.3 Å². The van der Waals surface area contributed by atoms with Gasteiger partial charge in [0.25, 0.3) is 0 Å². The minimum atomic E-state index is 0.608. The lowest BCUT2D eigenvalue weighted by Gasteiger charge is -2.26. The van der Waals surface area contributed by atoms with Crippen LogP contribution in [0.15, 0.2) is 30.5 Å². The van der Waals surface area contributed by atoms with Crippen LogP contribution in [0.3, 0.4) is 0 Å². The van der Waals surface area contributed by atoms with Gasteiger partial charge >= 0.3 is 0 Å². The molecule has 1 aliphatic heterocycles. The second-order valence-electron chi connectivity index (χ2n) is 4.76. The molecule has 2 heterocycles. The van der Waals surface area contributed by atoms with Crippen molar-refractivity contribution in [3.05, 3.63) is 35.5 Å². The fourth-order valence-electron chi connectivity index (χ4n) is 2.36. The van der Waals surface area contributed by atoms with E-state index in [1.165, 1.54) is 0 Å². The molecule has 0 spiro atoms. The molecule has 0 radical (unpaired) electrons. The van der Waals surface area contributed by atoms with Gasteiger partial charge < -0.3 is 9.47 Å². The maximum Gasteiger partial charge on any atom is 0.222 e. The van der Waals surface area contributed by atoms with E-state index in [4.69, 9.17) is 21.1 Å². The van der Waals surface area contributed by atoms with E-state index < -0.39 is 0 Å². The molecule has 20 heavy (non-hydrogen) atoms. The van der Waals surface area contributed by atoms with Gasteiger partial charge in [-0.15, -0.1) is 0 Å². The van der Waals surface area contributed by atoms with Gasteiger partial charge in [-0.1, -0.05) is 23.7 Å². The lowest BCUT2D eigenvalue weighted by Crippen LogP contribution is -2.38. The molecule has 3 rings (SSSR count). The number of ether oxygens (including phenoxy) is 2. The van der Waals surface area contributed by atoms with Crippen molar-refractivity contribution in [2.45, 2.75) is 0 Å². The minimum Gasteiger partial charge on any atom is -0.476 e. The van der Waals surface area contributed by atoms with Gasteiger partial charge in [0.1, 0.15) is 6.61 Å². The van der Waals surface area contributed by atoms with Crippen molar-refractivity contribution in [1.29, 1.82) is 0 Å². The topological polar surface area (TPSA) is 34.6 Å². The molecule has 0 unspecified atom stereocenters. The quantitative estimate of drug-likeness (QED) is 0.867. The summed E-state index contributed by atoms with van der Waals surface area (Å²) in [5.74, 6) is 0.612. The monoisotopic (exact) mass is 292 g/mol. The van der Waals surface area contributed by atoms with E-state index >= 15 is 0 Å². The summed E-state index contributed by atoms with van der Waals surface area (Å²) in [4.78, 5) is 6.63. The third kappa shape index (κ3) is 3.03. The molecule has 2 aromatic rings. The standard InChI is InChI=1S/C15H17ClN2O2/c16-13-3-1-2-12-4-5-17-15(14(12)13)20-11-8-18-6-9-19-10-7-18/h1-5H,6-11H2. The zero-order valence-corrected chi connectivity index (χ0v) is 12.0. The van der Waals surface area contributed by atoms with Crippen LogP contribution in [0.4, 0.5) is 0 Å². The molecule has 0 atom stereocenters. The highest BCUT2D eigenvalue weighted by molar-refractivity contribution is 6.36. The third-order valence-electron chi connectivity index (χ3n) is 3.46. The molecule has 1 aromatic heterocycles. The van der Waals surface area contributed by atoms with E-state index in [-0.39, 0.29) is 0 Å². The molecule has 1 saturated heterocycles. The van der Waals surface area contributed by atoms with Crippen LogP contribution in [0.2, 0.25) is 5.02 Å². The van der Waals surface area contributed by atoms with Gasteiger partial charge in [0.05, 0.1) is 23.6 Å². The van der Waals surface area contributed by atoms with Crippen LogP contribution in [0.1, 0.15) is 0 Å². The first-order chi connectivity index (χ1) is 9.84. The molecule has 0 aliphatic carbocycles. The number of morpholine rings is 1. The summed E-state index contributed by atoms with van der Waals surface area (Å²) in [5, 5.41) is 2.62. The summed E-state index contributed by atoms with van der Waals surface area (Å²) >= 11 is 6.24. The number of aromatic nitrogens is 1. The zero-order chi connectivity index (χ0) is 13.8. The van der Waals surface area contributed by atoms with Crippen molar-refractivity contribution in [3.63, 3.8) is 0 Å². The predicted octanol–water partition coefficient (Wildman–Crippen LogP) is 2.60. The summed E-state index contributed by atoms with van der Waals surface area (Å²) in [7, 11) is 0. The van der Waals surface area contributed by atoms with Crippen LogP contribution in [0.25, 0.3) is 10.8 Å². The van der Waals surface area contributed by atoms with Crippen molar-refractivity contribution in [2.24, 2.45) is 0 Å². The summed E-state index contributed by atoms with van der Waals surface area (Å²) in [5.41, 5.74) is 0. The third-order valence-corrected chi connectivity index (χ3v) is 3.77. The maximum atomic E-state index is 6.24. The minimum absolute atomic E-state index is 0.608. The molecular weight excluding hydrogens is 276 g/mol. The van der Waals surface area contributed by atoms with Crippen LogP contribution in [-0.2, 0) is 4.74 Å². The summed E-state index contributed by atoms with van der Waals surface area (Å²) in [6.07, 6.45) is 1.75. The number of fused-ring (bicyclic) bond motifs is 1. The second-order valence-corrected chi connectivity index (χ2v) is 5.16. The normalized spacial score (nSPS) is 16.4. The SMILES string of the molecule is Clc1cccc2ccnc(OCCN3CCOCC3)c12. The van der Waals surface area contributed by atoms with Crippen molar-refractivity contribution >= 4 is 22.4 Å². The highest BCUT2D eigenvalue weighted by Crippen LogP contribution is 2.29. The van der Waals surface area contributed by atoms with Crippen molar-refractivity contribution in [1.82, 2.24) is 9.88 Å². The van der Waals surface area contributed by atoms with Gasteiger partial charge in [-0.3, -0.25) is 4.90 Å². The number of hydrogen-bond donors (Lipinski definition) is 0. The molecule has 4 nitrogen and oxygen atoms in total. The van der Waals surface area contributed by atoms with Crippen LogP contribution >= 0.6 is 11.6 Å². The number of benzene rings is 1. The lowest BCUT2D eigenvalue weighted by molar-refractivity contribution is 0.0321. The van der Waals surface area contributed by atoms with Gasteiger partial charge in [0.2, 0.25) is 5.88 Å². The molecule has 5 heteroatoms. The first-order valence-corrected chi connectivity index (χ1v) is 7.18. The van der Waals surface area contributed by atoms with Crippen molar-refractivity contribution in [3.8, 4) is 5.88 Å². The fourth-order valence-corrected chi connectivity index (χ4v) is 2.62. The van der Waals surface area contributed by atoms with Gasteiger partial charge in [-0.2, -0.15) is 0 Å². The van der Waals surface area contributed by atoms with Gasteiger partial charge in [0, 0.05) is 25.8 Å².